The lowest BCUT2D eigenvalue weighted by Gasteiger charge is -2.11. The summed E-state index contributed by atoms with van der Waals surface area (Å²) in [6, 6.07) is 5.70. The summed E-state index contributed by atoms with van der Waals surface area (Å²) in [5.74, 6) is 0.577. The van der Waals surface area contributed by atoms with Gasteiger partial charge in [0.1, 0.15) is 12.2 Å². The Bertz CT molecular complexity index is 368. The predicted octanol–water partition coefficient (Wildman–Crippen LogP) is 1.21. The van der Waals surface area contributed by atoms with Crippen LogP contribution in [-0.2, 0) is 0 Å². The van der Waals surface area contributed by atoms with Gasteiger partial charge in [-0.1, -0.05) is 0 Å². The van der Waals surface area contributed by atoms with E-state index in [0.717, 1.165) is 19.3 Å². The molecular formula is C11H13N3O. The SMILES string of the molecule is N#Cc1ccc(OC2CCC(N)C2)nc1. The van der Waals surface area contributed by atoms with E-state index in [1.807, 2.05) is 6.07 Å². The highest BCUT2D eigenvalue weighted by Gasteiger charge is 2.23. The van der Waals surface area contributed by atoms with E-state index >= 15 is 0 Å². The molecule has 0 aliphatic heterocycles. The van der Waals surface area contributed by atoms with Gasteiger partial charge in [0.15, 0.2) is 0 Å². The number of nitrogens with two attached hydrogens (primary N) is 1. The molecule has 0 aromatic carbocycles. The van der Waals surface area contributed by atoms with Gasteiger partial charge in [-0.05, 0) is 25.3 Å². The van der Waals surface area contributed by atoms with Crippen LogP contribution in [0.1, 0.15) is 24.8 Å². The Morgan fingerprint density at radius 1 is 1.47 bits per heavy atom. The summed E-state index contributed by atoms with van der Waals surface area (Å²) in [6.45, 7) is 0. The van der Waals surface area contributed by atoms with Crippen molar-refractivity contribution in [3.63, 3.8) is 0 Å². The van der Waals surface area contributed by atoms with Crippen LogP contribution in [0.2, 0.25) is 0 Å². The van der Waals surface area contributed by atoms with Crippen molar-refractivity contribution >= 4 is 0 Å². The van der Waals surface area contributed by atoms with Crippen LogP contribution < -0.4 is 10.5 Å². The molecule has 1 heterocycles. The Hall–Kier alpha value is -1.60. The fourth-order valence-corrected chi connectivity index (χ4v) is 1.77. The van der Waals surface area contributed by atoms with Gasteiger partial charge in [-0.25, -0.2) is 4.98 Å². The minimum Gasteiger partial charge on any atom is -0.474 e. The molecule has 0 amide bonds. The summed E-state index contributed by atoms with van der Waals surface area (Å²) in [7, 11) is 0. The molecule has 78 valence electrons. The summed E-state index contributed by atoms with van der Waals surface area (Å²) in [6.07, 6.45) is 4.59. The minimum absolute atomic E-state index is 0.181. The van der Waals surface area contributed by atoms with Gasteiger partial charge >= 0.3 is 0 Å². The van der Waals surface area contributed by atoms with Crippen molar-refractivity contribution in [3.05, 3.63) is 23.9 Å². The average molecular weight is 203 g/mol. The first-order valence-electron chi connectivity index (χ1n) is 5.06. The van der Waals surface area contributed by atoms with Crippen molar-refractivity contribution in [1.29, 1.82) is 5.26 Å². The number of nitrogens with zero attached hydrogens (tertiary/aromatic N) is 2. The highest BCUT2D eigenvalue weighted by Crippen LogP contribution is 2.22. The molecule has 4 heteroatoms. The van der Waals surface area contributed by atoms with Gasteiger partial charge in [0, 0.05) is 18.3 Å². The highest BCUT2D eigenvalue weighted by atomic mass is 16.5. The van der Waals surface area contributed by atoms with Crippen LogP contribution in [0.3, 0.4) is 0 Å². The lowest BCUT2D eigenvalue weighted by Crippen LogP contribution is -2.19. The summed E-state index contributed by atoms with van der Waals surface area (Å²) in [5, 5.41) is 8.60. The van der Waals surface area contributed by atoms with Crippen LogP contribution in [0, 0.1) is 11.3 Å². The maximum absolute atomic E-state index is 8.60. The monoisotopic (exact) mass is 203 g/mol. The quantitative estimate of drug-likeness (QED) is 0.784. The lowest BCUT2D eigenvalue weighted by molar-refractivity contribution is 0.200. The van der Waals surface area contributed by atoms with E-state index < -0.39 is 0 Å². The van der Waals surface area contributed by atoms with Crippen molar-refractivity contribution in [2.45, 2.75) is 31.4 Å². The molecule has 1 saturated carbocycles. The summed E-state index contributed by atoms with van der Waals surface area (Å²) in [4.78, 5) is 4.05. The Labute approximate surface area is 88.7 Å². The minimum atomic E-state index is 0.181. The normalized spacial score (nSPS) is 24.8. The molecule has 15 heavy (non-hydrogen) atoms. The van der Waals surface area contributed by atoms with Crippen LogP contribution in [0.25, 0.3) is 0 Å². The van der Waals surface area contributed by atoms with Gasteiger partial charge in [-0.3, -0.25) is 0 Å². The topological polar surface area (TPSA) is 71.9 Å². The fraction of sp³-hybridized carbons (Fsp3) is 0.455. The molecular weight excluding hydrogens is 190 g/mol. The molecule has 4 nitrogen and oxygen atoms in total. The molecule has 2 N–H and O–H groups in total. The maximum atomic E-state index is 8.60. The largest absolute Gasteiger partial charge is 0.474 e. The van der Waals surface area contributed by atoms with Gasteiger partial charge < -0.3 is 10.5 Å². The Kier molecular flexibility index (Phi) is 2.84. The molecule has 0 bridgehead atoms. The molecule has 2 atom stereocenters. The molecule has 1 aromatic heterocycles. The second-order valence-electron chi connectivity index (χ2n) is 3.81. The standard InChI is InChI=1S/C11H13N3O/c12-6-8-1-4-11(14-7-8)15-10-3-2-9(13)5-10/h1,4,7,9-10H,2-3,5,13H2. The molecule has 2 rings (SSSR count). The first-order valence-corrected chi connectivity index (χ1v) is 5.06. The second-order valence-corrected chi connectivity index (χ2v) is 3.81. The van der Waals surface area contributed by atoms with Crippen molar-refractivity contribution in [3.8, 4) is 11.9 Å². The van der Waals surface area contributed by atoms with Crippen molar-refractivity contribution < 1.29 is 4.74 Å². The zero-order valence-corrected chi connectivity index (χ0v) is 8.39. The van der Waals surface area contributed by atoms with Crippen LogP contribution in [-0.4, -0.2) is 17.1 Å². The first kappa shape index (κ1) is 9.94. The van der Waals surface area contributed by atoms with E-state index in [-0.39, 0.29) is 12.1 Å². The van der Waals surface area contributed by atoms with Crippen molar-refractivity contribution in [2.75, 3.05) is 0 Å². The molecule has 1 aliphatic rings. The highest BCUT2D eigenvalue weighted by molar-refractivity contribution is 5.28. The number of hydrogen-bond acceptors (Lipinski definition) is 4. The van der Waals surface area contributed by atoms with E-state index in [4.69, 9.17) is 15.7 Å². The van der Waals surface area contributed by atoms with Gasteiger partial charge in [-0.2, -0.15) is 5.26 Å². The number of rotatable bonds is 2. The average Bonchev–Trinajstić information content (AvgIpc) is 2.65. The lowest BCUT2D eigenvalue weighted by atomic mass is 10.3. The van der Waals surface area contributed by atoms with E-state index in [1.54, 1.807) is 12.1 Å². The molecule has 0 radical (unpaired) electrons. The van der Waals surface area contributed by atoms with Crippen molar-refractivity contribution in [2.24, 2.45) is 5.73 Å². The molecule has 0 spiro atoms. The zero-order chi connectivity index (χ0) is 10.7. The van der Waals surface area contributed by atoms with Crippen LogP contribution in [0.4, 0.5) is 0 Å². The van der Waals surface area contributed by atoms with Crippen LogP contribution in [0.15, 0.2) is 18.3 Å². The third kappa shape index (κ3) is 2.45. The smallest absolute Gasteiger partial charge is 0.213 e. The third-order valence-corrected chi connectivity index (χ3v) is 2.58. The molecule has 1 aliphatic carbocycles. The Balaban J connectivity index is 1.96. The van der Waals surface area contributed by atoms with Gasteiger partial charge in [0.05, 0.1) is 5.56 Å². The van der Waals surface area contributed by atoms with E-state index in [2.05, 4.69) is 4.98 Å². The third-order valence-electron chi connectivity index (χ3n) is 2.58. The van der Waals surface area contributed by atoms with Crippen LogP contribution in [0.5, 0.6) is 5.88 Å². The number of ether oxygens (including phenoxy) is 1. The number of nitriles is 1. The fourth-order valence-electron chi connectivity index (χ4n) is 1.77. The maximum Gasteiger partial charge on any atom is 0.213 e. The zero-order valence-electron chi connectivity index (χ0n) is 8.39. The number of hydrogen-bond donors (Lipinski definition) is 1. The van der Waals surface area contributed by atoms with E-state index in [9.17, 15) is 0 Å². The van der Waals surface area contributed by atoms with E-state index in [0.29, 0.717) is 11.4 Å². The van der Waals surface area contributed by atoms with Gasteiger partial charge in [-0.15, -0.1) is 0 Å². The molecule has 2 unspecified atom stereocenters. The number of pyridine rings is 1. The second kappa shape index (κ2) is 4.28. The first-order chi connectivity index (χ1) is 7.28. The predicted molar refractivity (Wildman–Crippen MR) is 55.2 cm³/mol. The Morgan fingerprint density at radius 2 is 2.33 bits per heavy atom. The molecule has 1 fully saturated rings. The van der Waals surface area contributed by atoms with Gasteiger partial charge in [0.25, 0.3) is 0 Å². The summed E-state index contributed by atoms with van der Waals surface area (Å²) >= 11 is 0. The van der Waals surface area contributed by atoms with Crippen molar-refractivity contribution in [1.82, 2.24) is 4.98 Å². The van der Waals surface area contributed by atoms with E-state index in [1.165, 1.54) is 6.20 Å². The molecule has 1 aromatic rings. The summed E-state index contributed by atoms with van der Waals surface area (Å²) in [5.41, 5.74) is 6.33. The summed E-state index contributed by atoms with van der Waals surface area (Å²) < 4.78 is 5.64. The van der Waals surface area contributed by atoms with Crippen LogP contribution >= 0.6 is 0 Å². The molecule has 0 saturated heterocycles. The Morgan fingerprint density at radius 3 is 2.87 bits per heavy atom. The number of aromatic nitrogens is 1. The van der Waals surface area contributed by atoms with Gasteiger partial charge in [0.2, 0.25) is 5.88 Å².